The molecule has 43 heavy (non-hydrogen) atoms. The topological polar surface area (TPSA) is 197 Å². The average molecular weight is 635 g/mol. The van der Waals surface area contributed by atoms with Crippen molar-refractivity contribution in [1.82, 2.24) is 19.7 Å². The van der Waals surface area contributed by atoms with Crippen LogP contribution in [0.4, 0.5) is 0 Å². The molecule has 0 bridgehead atoms. The number of carbonyl (C=O) groups is 2. The third-order valence-electron chi connectivity index (χ3n) is 6.65. The minimum atomic E-state index is -4.30. The average Bonchev–Trinajstić information content (AvgIpc) is 3.14. The predicted octanol–water partition coefficient (Wildman–Crippen LogP) is 1.52. The van der Waals surface area contributed by atoms with Crippen molar-refractivity contribution in [3.05, 3.63) is 22.7 Å². The Bertz CT molecular complexity index is 1140. The van der Waals surface area contributed by atoms with E-state index in [1.165, 1.54) is 26.3 Å². The molecule has 1 saturated heterocycles. The highest BCUT2D eigenvalue weighted by Crippen LogP contribution is 2.44. The first-order valence-electron chi connectivity index (χ1n) is 14.4. The van der Waals surface area contributed by atoms with Crippen LogP contribution in [0.15, 0.2) is 17.1 Å². The summed E-state index contributed by atoms with van der Waals surface area (Å²) in [4.78, 5) is 41.9. The van der Waals surface area contributed by atoms with Gasteiger partial charge in [-0.1, -0.05) is 27.7 Å². The fraction of sp³-hybridized carbons (Fsp3) is 0.778. The van der Waals surface area contributed by atoms with Crippen LogP contribution in [-0.2, 0) is 32.9 Å². The molecule has 0 aromatic carbocycles. The number of aliphatic hydroxyl groups excluding tert-OH is 1. The van der Waals surface area contributed by atoms with Gasteiger partial charge in [0.15, 0.2) is 6.23 Å². The standard InChI is InChI=1S/C27H47N4O11P/c1-9-39-23(33)18(13-16(3)4)29-43(37,30-19(14-17(5)6)24(34)40-10-2)41-15-20-22(32)27(7,36)25(42-20)31-12-11-21(38-8)28-26(31)35/h11-12,16-20,22,25,32,36H,9-10,13-15H2,1-8H3,(H2,29,30,37)/t18-,19-,20+,22+,25+,27+/m0/s1. The van der Waals surface area contributed by atoms with Gasteiger partial charge >= 0.3 is 25.3 Å². The van der Waals surface area contributed by atoms with Crippen molar-refractivity contribution >= 4 is 19.6 Å². The van der Waals surface area contributed by atoms with Gasteiger partial charge in [0.2, 0.25) is 5.88 Å². The molecule has 2 rings (SSSR count). The number of nitrogens with zero attached hydrogens (tertiary/aromatic N) is 2. The van der Waals surface area contributed by atoms with Gasteiger partial charge in [0, 0.05) is 12.3 Å². The maximum atomic E-state index is 14.4. The Morgan fingerprint density at radius 1 is 1.09 bits per heavy atom. The lowest BCUT2D eigenvalue weighted by Crippen LogP contribution is -2.47. The number of hydrogen-bond acceptors (Lipinski definition) is 12. The molecule has 2 heterocycles. The second-order valence-electron chi connectivity index (χ2n) is 11.3. The Morgan fingerprint density at radius 2 is 1.60 bits per heavy atom. The van der Waals surface area contributed by atoms with Gasteiger partial charge in [0.1, 0.15) is 29.9 Å². The van der Waals surface area contributed by atoms with Crippen molar-refractivity contribution < 1.29 is 47.8 Å². The first kappa shape index (κ1) is 36.8. The number of nitrogens with one attached hydrogen (secondary N) is 2. The van der Waals surface area contributed by atoms with E-state index in [1.807, 2.05) is 27.7 Å². The van der Waals surface area contributed by atoms with Gasteiger partial charge in [-0.15, -0.1) is 0 Å². The van der Waals surface area contributed by atoms with E-state index in [-0.39, 0.29) is 43.8 Å². The highest BCUT2D eigenvalue weighted by molar-refractivity contribution is 7.54. The summed E-state index contributed by atoms with van der Waals surface area (Å²) in [5.41, 5.74) is -2.79. The lowest BCUT2D eigenvalue weighted by atomic mass is 9.96. The van der Waals surface area contributed by atoms with Crippen LogP contribution < -0.4 is 20.6 Å². The summed E-state index contributed by atoms with van der Waals surface area (Å²) in [5, 5.41) is 27.5. The summed E-state index contributed by atoms with van der Waals surface area (Å²) in [6.07, 6.45) is -2.52. The lowest BCUT2D eigenvalue weighted by Gasteiger charge is -2.30. The molecule has 1 aromatic rings. The van der Waals surface area contributed by atoms with Crippen LogP contribution >= 0.6 is 7.67 Å². The molecule has 0 unspecified atom stereocenters. The quantitative estimate of drug-likeness (QED) is 0.142. The molecule has 0 amide bonds. The van der Waals surface area contributed by atoms with Crippen LogP contribution in [0.3, 0.4) is 0 Å². The highest BCUT2D eigenvalue weighted by Gasteiger charge is 2.54. The number of rotatable bonds is 17. The SMILES string of the molecule is CCOC(=O)[C@H](CC(C)C)NP(=O)(N[C@@H](CC(C)C)C(=O)OCC)OC[C@H]1O[C@@H](n2ccc(OC)nc2=O)[C@](C)(O)[C@@H]1O. The molecule has 0 spiro atoms. The summed E-state index contributed by atoms with van der Waals surface area (Å²) < 4.78 is 42.3. The molecule has 16 heteroatoms. The molecule has 1 fully saturated rings. The summed E-state index contributed by atoms with van der Waals surface area (Å²) in [6.45, 7) is 11.6. The van der Waals surface area contributed by atoms with Gasteiger partial charge < -0.3 is 33.7 Å². The van der Waals surface area contributed by atoms with Crippen molar-refractivity contribution in [3.63, 3.8) is 0 Å². The maximum absolute atomic E-state index is 14.4. The Morgan fingerprint density at radius 3 is 2.02 bits per heavy atom. The van der Waals surface area contributed by atoms with E-state index in [0.717, 1.165) is 4.57 Å². The zero-order valence-electron chi connectivity index (χ0n) is 26.1. The first-order chi connectivity index (χ1) is 20.1. The van der Waals surface area contributed by atoms with Crippen molar-refractivity contribution in [3.8, 4) is 5.88 Å². The van der Waals surface area contributed by atoms with Gasteiger partial charge in [-0.3, -0.25) is 18.7 Å². The molecular formula is C27H47N4O11P. The zero-order chi connectivity index (χ0) is 32.5. The van der Waals surface area contributed by atoms with Gasteiger partial charge in [-0.05, 0) is 45.4 Å². The Balaban J connectivity index is 2.40. The molecular weight excluding hydrogens is 587 g/mol. The first-order valence-corrected chi connectivity index (χ1v) is 16.0. The van der Waals surface area contributed by atoms with Crippen LogP contribution in [0, 0.1) is 11.8 Å². The van der Waals surface area contributed by atoms with Gasteiger partial charge in [0.05, 0.1) is 26.9 Å². The molecule has 15 nitrogen and oxygen atoms in total. The van der Waals surface area contributed by atoms with E-state index in [0.29, 0.717) is 0 Å². The Hall–Kier alpha value is -2.39. The smallest absolute Gasteiger partial charge is 0.353 e. The molecule has 0 radical (unpaired) electrons. The van der Waals surface area contributed by atoms with Crippen LogP contribution in [0.25, 0.3) is 0 Å². The molecule has 0 saturated carbocycles. The summed E-state index contributed by atoms with van der Waals surface area (Å²) in [5.74, 6) is -1.31. The van der Waals surface area contributed by atoms with Crippen molar-refractivity contribution in [2.24, 2.45) is 11.8 Å². The van der Waals surface area contributed by atoms with E-state index in [1.54, 1.807) is 13.8 Å². The van der Waals surface area contributed by atoms with Gasteiger partial charge in [0.25, 0.3) is 0 Å². The summed E-state index contributed by atoms with van der Waals surface area (Å²) >= 11 is 0. The fourth-order valence-electron chi connectivity index (χ4n) is 4.60. The number of ether oxygens (including phenoxy) is 4. The number of methoxy groups -OCH3 is 1. The fourth-order valence-corrected chi connectivity index (χ4v) is 6.42. The lowest BCUT2D eigenvalue weighted by molar-refractivity contribution is -0.146. The molecule has 0 aliphatic carbocycles. The molecule has 1 aliphatic heterocycles. The number of hydrogen-bond donors (Lipinski definition) is 4. The van der Waals surface area contributed by atoms with Gasteiger partial charge in [-0.2, -0.15) is 4.98 Å². The third kappa shape index (κ3) is 10.1. The molecule has 4 N–H and O–H groups in total. The summed E-state index contributed by atoms with van der Waals surface area (Å²) in [7, 11) is -2.96. The predicted molar refractivity (Wildman–Crippen MR) is 155 cm³/mol. The van der Waals surface area contributed by atoms with Crippen molar-refractivity contribution in [2.75, 3.05) is 26.9 Å². The number of esters is 2. The van der Waals surface area contributed by atoms with Gasteiger partial charge in [-0.25, -0.2) is 15.0 Å². The molecule has 6 atom stereocenters. The number of aromatic nitrogens is 2. The summed E-state index contributed by atoms with van der Waals surface area (Å²) in [6, 6.07) is -0.767. The monoisotopic (exact) mass is 634 g/mol. The molecule has 1 aliphatic rings. The van der Waals surface area contributed by atoms with Crippen LogP contribution in [-0.4, -0.2) is 88.5 Å². The van der Waals surface area contributed by atoms with Crippen molar-refractivity contribution in [1.29, 1.82) is 0 Å². The Kier molecular flexibility index (Phi) is 13.8. The van der Waals surface area contributed by atoms with E-state index in [2.05, 4.69) is 15.2 Å². The van der Waals surface area contributed by atoms with Crippen molar-refractivity contribution in [2.45, 2.75) is 97.4 Å². The zero-order valence-corrected chi connectivity index (χ0v) is 27.0. The van der Waals surface area contributed by atoms with Crippen LogP contribution in [0.2, 0.25) is 0 Å². The van der Waals surface area contributed by atoms with E-state index in [9.17, 15) is 29.2 Å². The Labute approximate surface area is 252 Å². The molecule has 1 aromatic heterocycles. The normalized spacial score (nSPS) is 23.8. The third-order valence-corrected chi connectivity index (χ3v) is 8.47. The highest BCUT2D eigenvalue weighted by atomic mass is 31.2. The van der Waals surface area contributed by atoms with Crippen LogP contribution in [0.5, 0.6) is 5.88 Å². The second-order valence-corrected chi connectivity index (χ2v) is 13.2. The minimum Gasteiger partial charge on any atom is -0.481 e. The van der Waals surface area contributed by atoms with E-state index >= 15 is 0 Å². The second kappa shape index (κ2) is 16.1. The maximum Gasteiger partial charge on any atom is 0.353 e. The molecule has 246 valence electrons. The van der Waals surface area contributed by atoms with E-state index in [4.69, 9.17) is 23.5 Å². The van der Waals surface area contributed by atoms with E-state index < -0.39 is 68.0 Å². The largest absolute Gasteiger partial charge is 0.481 e. The number of aliphatic hydroxyl groups is 2. The van der Waals surface area contributed by atoms with Crippen LogP contribution in [0.1, 0.15) is 67.5 Å². The minimum absolute atomic E-state index is 0.0147. The number of carbonyl (C=O) groups excluding carboxylic acids is 2.